The highest BCUT2D eigenvalue weighted by atomic mass is 32.2. The first kappa shape index (κ1) is 14.5. The summed E-state index contributed by atoms with van der Waals surface area (Å²) in [5, 5.41) is 1.03. The lowest BCUT2D eigenvalue weighted by Gasteiger charge is -2.14. The monoisotopic (exact) mass is 331 g/mol. The number of pyridine rings is 1. The molecule has 0 aromatic carbocycles. The molecular weight excluding hydrogens is 322 g/mol. The molecule has 0 unspecified atom stereocenters. The molecule has 2 aromatic heterocycles. The van der Waals surface area contributed by atoms with E-state index in [1.165, 1.54) is 12.3 Å². The summed E-state index contributed by atoms with van der Waals surface area (Å²) >= 11 is 6.24. The van der Waals surface area contributed by atoms with Crippen molar-refractivity contribution in [2.24, 2.45) is 0 Å². The quantitative estimate of drug-likeness (QED) is 0.686. The number of hydrogen-bond acceptors (Lipinski definition) is 6. The number of nitrogens with zero attached hydrogens (tertiary/aromatic N) is 2. The standard InChI is InChI=1S/C14H9N3O3S2/c18-12(10-4-2-6-20-10)16-17-13(19)11(22-14(17)21)7-9-3-1-5-15-8-9/h1-8H,(H,16,18)/b11-7-. The van der Waals surface area contributed by atoms with Crippen LogP contribution in [-0.4, -0.2) is 26.1 Å². The Labute approximate surface area is 135 Å². The van der Waals surface area contributed by atoms with E-state index in [2.05, 4.69) is 10.4 Å². The molecule has 0 aliphatic carbocycles. The lowest BCUT2D eigenvalue weighted by Crippen LogP contribution is -2.44. The molecule has 8 heteroatoms. The number of hydrazine groups is 1. The lowest BCUT2D eigenvalue weighted by atomic mass is 10.2. The van der Waals surface area contributed by atoms with Gasteiger partial charge in [-0.05, 0) is 42.1 Å². The van der Waals surface area contributed by atoms with Crippen LogP contribution in [-0.2, 0) is 4.79 Å². The predicted molar refractivity (Wildman–Crippen MR) is 85.4 cm³/mol. The first-order valence-corrected chi connectivity index (χ1v) is 7.40. The fraction of sp³-hybridized carbons (Fsp3) is 0. The van der Waals surface area contributed by atoms with Gasteiger partial charge in [-0.25, -0.2) is 0 Å². The van der Waals surface area contributed by atoms with Crippen molar-refractivity contribution in [1.29, 1.82) is 0 Å². The van der Waals surface area contributed by atoms with Gasteiger partial charge in [-0.1, -0.05) is 17.8 Å². The van der Waals surface area contributed by atoms with Crippen molar-refractivity contribution in [3.63, 3.8) is 0 Å². The van der Waals surface area contributed by atoms with Gasteiger partial charge in [0.15, 0.2) is 10.1 Å². The number of carbonyl (C=O) groups is 2. The normalized spacial score (nSPS) is 16.4. The molecule has 1 saturated heterocycles. The third kappa shape index (κ3) is 2.92. The van der Waals surface area contributed by atoms with Crippen molar-refractivity contribution in [1.82, 2.24) is 15.4 Å². The number of furan rings is 1. The maximum absolute atomic E-state index is 12.3. The van der Waals surface area contributed by atoms with Gasteiger partial charge in [0.25, 0.3) is 5.91 Å². The van der Waals surface area contributed by atoms with Gasteiger partial charge in [-0.15, -0.1) is 0 Å². The summed E-state index contributed by atoms with van der Waals surface area (Å²) < 4.78 is 5.23. The third-order valence-corrected chi connectivity index (χ3v) is 4.04. The fourth-order valence-corrected chi connectivity index (χ4v) is 2.92. The van der Waals surface area contributed by atoms with E-state index >= 15 is 0 Å². The fourth-order valence-electron chi connectivity index (χ4n) is 1.74. The van der Waals surface area contributed by atoms with Gasteiger partial charge in [-0.2, -0.15) is 5.01 Å². The summed E-state index contributed by atoms with van der Waals surface area (Å²) in [6, 6.07) is 6.67. The minimum Gasteiger partial charge on any atom is -0.459 e. The number of thiocarbonyl (C=S) groups is 1. The van der Waals surface area contributed by atoms with Crippen LogP contribution in [0.3, 0.4) is 0 Å². The Hall–Kier alpha value is -2.45. The summed E-state index contributed by atoms with van der Waals surface area (Å²) in [7, 11) is 0. The number of thioether (sulfide) groups is 1. The van der Waals surface area contributed by atoms with Gasteiger partial charge in [0.1, 0.15) is 0 Å². The van der Waals surface area contributed by atoms with Crippen LogP contribution in [0.25, 0.3) is 6.08 Å². The second-order valence-electron chi connectivity index (χ2n) is 4.22. The SMILES string of the molecule is O=C(NN1C(=O)/C(=C/c2cccnc2)SC1=S)c1ccco1. The van der Waals surface area contributed by atoms with Gasteiger partial charge < -0.3 is 4.42 Å². The highest BCUT2D eigenvalue weighted by Gasteiger charge is 2.34. The Balaban J connectivity index is 1.77. The Morgan fingerprint density at radius 2 is 2.27 bits per heavy atom. The van der Waals surface area contributed by atoms with Crippen LogP contribution >= 0.6 is 24.0 Å². The van der Waals surface area contributed by atoms with Crippen LogP contribution < -0.4 is 5.43 Å². The second kappa shape index (κ2) is 6.12. The number of nitrogens with one attached hydrogen (secondary N) is 1. The van der Waals surface area contributed by atoms with Gasteiger partial charge in [-0.3, -0.25) is 20.0 Å². The average Bonchev–Trinajstić information content (AvgIpc) is 3.13. The van der Waals surface area contributed by atoms with Crippen LogP contribution in [0.4, 0.5) is 0 Å². The number of aromatic nitrogens is 1. The molecule has 22 heavy (non-hydrogen) atoms. The van der Waals surface area contributed by atoms with E-state index in [0.29, 0.717) is 4.91 Å². The molecule has 2 aromatic rings. The van der Waals surface area contributed by atoms with Gasteiger partial charge in [0, 0.05) is 12.4 Å². The van der Waals surface area contributed by atoms with Crippen molar-refractivity contribution >= 4 is 46.2 Å². The zero-order valence-electron chi connectivity index (χ0n) is 11.1. The summed E-state index contributed by atoms with van der Waals surface area (Å²) in [4.78, 5) is 28.6. The Kier molecular flexibility index (Phi) is 4.03. The molecule has 1 N–H and O–H groups in total. The van der Waals surface area contributed by atoms with Crippen LogP contribution in [0.2, 0.25) is 0 Å². The summed E-state index contributed by atoms with van der Waals surface area (Å²) in [6.07, 6.45) is 6.33. The van der Waals surface area contributed by atoms with Crippen LogP contribution in [0, 0.1) is 0 Å². The molecule has 0 radical (unpaired) electrons. The maximum atomic E-state index is 12.3. The molecule has 110 valence electrons. The van der Waals surface area contributed by atoms with Crippen LogP contribution in [0.15, 0.2) is 52.2 Å². The van der Waals surface area contributed by atoms with Gasteiger partial charge in [0.2, 0.25) is 0 Å². The Morgan fingerprint density at radius 3 is 2.95 bits per heavy atom. The van der Waals surface area contributed by atoms with E-state index in [1.54, 1.807) is 30.6 Å². The third-order valence-electron chi connectivity index (χ3n) is 2.73. The summed E-state index contributed by atoms with van der Waals surface area (Å²) in [5.74, 6) is -0.826. The minimum absolute atomic E-state index is 0.102. The Morgan fingerprint density at radius 1 is 1.41 bits per heavy atom. The van der Waals surface area contributed by atoms with Crippen LogP contribution in [0.1, 0.15) is 16.1 Å². The van der Waals surface area contributed by atoms with E-state index in [1.807, 2.05) is 6.07 Å². The molecular formula is C14H9N3O3S2. The predicted octanol–water partition coefficient (Wildman–Crippen LogP) is 2.22. The molecule has 3 heterocycles. The van der Waals surface area contributed by atoms with Crippen molar-refractivity contribution < 1.29 is 14.0 Å². The van der Waals surface area contributed by atoms with E-state index < -0.39 is 11.8 Å². The molecule has 0 saturated carbocycles. The number of amides is 2. The van der Waals surface area contributed by atoms with Crippen molar-refractivity contribution in [2.45, 2.75) is 0 Å². The zero-order chi connectivity index (χ0) is 15.5. The topological polar surface area (TPSA) is 75.4 Å². The van der Waals surface area contributed by atoms with Crippen LogP contribution in [0.5, 0.6) is 0 Å². The van der Waals surface area contributed by atoms with E-state index in [9.17, 15) is 9.59 Å². The second-order valence-corrected chi connectivity index (χ2v) is 5.90. The molecule has 0 spiro atoms. The molecule has 0 atom stereocenters. The molecule has 2 amide bonds. The zero-order valence-corrected chi connectivity index (χ0v) is 12.7. The minimum atomic E-state index is -0.538. The average molecular weight is 331 g/mol. The van der Waals surface area contributed by atoms with E-state index in [4.69, 9.17) is 16.6 Å². The molecule has 0 bridgehead atoms. The largest absolute Gasteiger partial charge is 0.459 e. The first-order valence-electron chi connectivity index (χ1n) is 6.17. The van der Waals surface area contributed by atoms with E-state index in [0.717, 1.165) is 22.3 Å². The maximum Gasteiger partial charge on any atom is 0.305 e. The lowest BCUT2D eigenvalue weighted by molar-refractivity contribution is -0.123. The van der Waals surface area contributed by atoms with E-state index in [-0.39, 0.29) is 10.1 Å². The van der Waals surface area contributed by atoms with Crippen molar-refractivity contribution in [2.75, 3.05) is 0 Å². The number of hydrogen-bond donors (Lipinski definition) is 1. The smallest absolute Gasteiger partial charge is 0.305 e. The van der Waals surface area contributed by atoms with Gasteiger partial charge in [0.05, 0.1) is 11.2 Å². The molecule has 1 aliphatic rings. The van der Waals surface area contributed by atoms with Crippen molar-refractivity contribution in [3.8, 4) is 0 Å². The number of rotatable bonds is 3. The molecule has 1 aliphatic heterocycles. The van der Waals surface area contributed by atoms with Crippen molar-refractivity contribution in [3.05, 3.63) is 59.2 Å². The Bertz CT molecular complexity index is 757. The highest BCUT2D eigenvalue weighted by molar-refractivity contribution is 8.26. The molecule has 6 nitrogen and oxygen atoms in total. The summed E-state index contributed by atoms with van der Waals surface area (Å²) in [5.41, 5.74) is 3.21. The molecule has 1 fully saturated rings. The molecule has 3 rings (SSSR count). The summed E-state index contributed by atoms with van der Waals surface area (Å²) in [6.45, 7) is 0. The first-order chi connectivity index (χ1) is 10.6. The number of carbonyl (C=O) groups excluding carboxylic acids is 2. The van der Waals surface area contributed by atoms with Gasteiger partial charge >= 0.3 is 5.91 Å². The highest BCUT2D eigenvalue weighted by Crippen LogP contribution is 2.31.